The van der Waals surface area contributed by atoms with Crippen molar-refractivity contribution in [3.8, 4) is 11.5 Å². The van der Waals surface area contributed by atoms with E-state index in [9.17, 15) is 4.79 Å². The standard InChI is InChI=1S/C18H17N3O3/c1-23-13-5-4-6-14(11-13)24-10-9-19-18(22)17-12-20-15-7-2-3-8-16(15)21-17/h2-8,11-12H,9-10H2,1H3,(H,19,22). The van der Waals surface area contributed by atoms with E-state index in [1.165, 1.54) is 6.20 Å². The number of fused-ring (bicyclic) bond motifs is 1. The number of hydrogen-bond donors (Lipinski definition) is 1. The zero-order chi connectivity index (χ0) is 16.8. The molecule has 1 N–H and O–H groups in total. The van der Waals surface area contributed by atoms with Crippen LogP contribution in [0.2, 0.25) is 0 Å². The molecule has 6 nitrogen and oxygen atoms in total. The van der Waals surface area contributed by atoms with Gasteiger partial charge in [0.05, 0.1) is 30.9 Å². The van der Waals surface area contributed by atoms with Gasteiger partial charge in [0.1, 0.15) is 23.8 Å². The van der Waals surface area contributed by atoms with E-state index in [0.29, 0.717) is 24.4 Å². The molecule has 122 valence electrons. The van der Waals surface area contributed by atoms with Crippen LogP contribution in [0, 0.1) is 0 Å². The first-order valence-electron chi connectivity index (χ1n) is 7.53. The number of para-hydroxylation sites is 2. The van der Waals surface area contributed by atoms with Crippen molar-refractivity contribution >= 4 is 16.9 Å². The predicted molar refractivity (Wildman–Crippen MR) is 90.4 cm³/mol. The largest absolute Gasteiger partial charge is 0.497 e. The molecule has 0 radical (unpaired) electrons. The van der Waals surface area contributed by atoms with Crippen LogP contribution in [0.5, 0.6) is 11.5 Å². The number of nitrogens with zero attached hydrogens (tertiary/aromatic N) is 2. The lowest BCUT2D eigenvalue weighted by Gasteiger charge is -2.08. The van der Waals surface area contributed by atoms with Crippen molar-refractivity contribution in [2.24, 2.45) is 0 Å². The second kappa shape index (κ2) is 7.41. The van der Waals surface area contributed by atoms with Gasteiger partial charge >= 0.3 is 0 Å². The maximum absolute atomic E-state index is 12.1. The minimum Gasteiger partial charge on any atom is -0.497 e. The Bertz CT molecular complexity index is 852. The third-order valence-corrected chi connectivity index (χ3v) is 3.38. The highest BCUT2D eigenvalue weighted by Gasteiger charge is 2.08. The van der Waals surface area contributed by atoms with Crippen molar-refractivity contribution in [1.29, 1.82) is 0 Å². The summed E-state index contributed by atoms with van der Waals surface area (Å²) in [6.45, 7) is 0.713. The van der Waals surface area contributed by atoms with E-state index in [1.54, 1.807) is 13.2 Å². The molecule has 24 heavy (non-hydrogen) atoms. The second-order valence-corrected chi connectivity index (χ2v) is 5.03. The molecule has 0 aliphatic carbocycles. The van der Waals surface area contributed by atoms with Gasteiger partial charge in [0.25, 0.3) is 5.91 Å². The first-order chi connectivity index (χ1) is 11.8. The second-order valence-electron chi connectivity index (χ2n) is 5.03. The number of amides is 1. The van der Waals surface area contributed by atoms with Crippen LogP contribution in [-0.2, 0) is 0 Å². The summed E-state index contributed by atoms with van der Waals surface area (Å²) in [6, 6.07) is 14.7. The Morgan fingerprint density at radius 1 is 1.08 bits per heavy atom. The fourth-order valence-corrected chi connectivity index (χ4v) is 2.18. The van der Waals surface area contributed by atoms with Crippen molar-refractivity contribution in [3.63, 3.8) is 0 Å². The molecule has 0 bridgehead atoms. The van der Waals surface area contributed by atoms with E-state index in [4.69, 9.17) is 9.47 Å². The SMILES string of the molecule is COc1cccc(OCCNC(=O)c2cnc3ccccc3n2)c1. The number of ether oxygens (including phenoxy) is 2. The molecule has 1 heterocycles. The molecule has 0 saturated heterocycles. The van der Waals surface area contributed by atoms with Gasteiger partial charge in [-0.3, -0.25) is 9.78 Å². The number of carbonyl (C=O) groups is 1. The molecule has 0 aliphatic rings. The molecule has 1 amide bonds. The molecule has 0 unspecified atom stereocenters. The van der Waals surface area contributed by atoms with Crippen LogP contribution < -0.4 is 14.8 Å². The van der Waals surface area contributed by atoms with Gasteiger partial charge in [-0.15, -0.1) is 0 Å². The molecule has 0 saturated carbocycles. The fourth-order valence-electron chi connectivity index (χ4n) is 2.18. The number of rotatable bonds is 6. The molecule has 2 aromatic carbocycles. The lowest BCUT2D eigenvalue weighted by atomic mass is 10.3. The Labute approximate surface area is 139 Å². The normalized spacial score (nSPS) is 10.4. The van der Waals surface area contributed by atoms with E-state index < -0.39 is 0 Å². The topological polar surface area (TPSA) is 73.3 Å². The van der Waals surface area contributed by atoms with E-state index in [0.717, 1.165) is 11.3 Å². The van der Waals surface area contributed by atoms with Crippen LogP contribution in [0.3, 0.4) is 0 Å². The van der Waals surface area contributed by atoms with Gasteiger partial charge in [-0.1, -0.05) is 18.2 Å². The van der Waals surface area contributed by atoms with E-state index in [1.807, 2.05) is 42.5 Å². The average Bonchev–Trinajstić information content (AvgIpc) is 2.64. The molecular formula is C18H17N3O3. The van der Waals surface area contributed by atoms with Crippen molar-refractivity contribution in [1.82, 2.24) is 15.3 Å². The summed E-state index contributed by atoms with van der Waals surface area (Å²) < 4.78 is 10.7. The van der Waals surface area contributed by atoms with Gasteiger partial charge in [0.2, 0.25) is 0 Å². The first kappa shape index (κ1) is 15.7. The van der Waals surface area contributed by atoms with Crippen LogP contribution in [0.4, 0.5) is 0 Å². The summed E-state index contributed by atoms with van der Waals surface area (Å²) >= 11 is 0. The summed E-state index contributed by atoms with van der Waals surface area (Å²) in [4.78, 5) is 20.6. The van der Waals surface area contributed by atoms with Crippen LogP contribution in [0.15, 0.2) is 54.7 Å². The van der Waals surface area contributed by atoms with Gasteiger partial charge in [-0.2, -0.15) is 0 Å². The summed E-state index contributed by atoms with van der Waals surface area (Å²) in [5.74, 6) is 1.14. The van der Waals surface area contributed by atoms with Gasteiger partial charge in [-0.25, -0.2) is 4.98 Å². The Morgan fingerprint density at radius 2 is 1.88 bits per heavy atom. The quantitative estimate of drug-likeness (QED) is 0.705. The number of aromatic nitrogens is 2. The zero-order valence-electron chi connectivity index (χ0n) is 13.2. The molecule has 1 aromatic heterocycles. The van der Waals surface area contributed by atoms with Crippen LogP contribution in [0.25, 0.3) is 11.0 Å². The minimum absolute atomic E-state index is 0.275. The molecule has 0 fully saturated rings. The van der Waals surface area contributed by atoms with Gasteiger partial charge in [-0.05, 0) is 24.3 Å². The Hall–Kier alpha value is -3.15. The summed E-state index contributed by atoms with van der Waals surface area (Å²) in [5, 5.41) is 2.76. The number of hydrogen-bond acceptors (Lipinski definition) is 5. The molecule has 3 rings (SSSR count). The highest BCUT2D eigenvalue weighted by molar-refractivity contribution is 5.93. The molecule has 0 spiro atoms. The zero-order valence-corrected chi connectivity index (χ0v) is 13.2. The molecule has 3 aromatic rings. The molecular weight excluding hydrogens is 306 g/mol. The van der Waals surface area contributed by atoms with Crippen molar-refractivity contribution in [2.75, 3.05) is 20.3 Å². The first-order valence-corrected chi connectivity index (χ1v) is 7.53. The number of carbonyl (C=O) groups excluding carboxylic acids is 1. The van der Waals surface area contributed by atoms with Gasteiger partial charge in [0, 0.05) is 6.07 Å². The van der Waals surface area contributed by atoms with Gasteiger partial charge < -0.3 is 14.8 Å². The van der Waals surface area contributed by atoms with Crippen molar-refractivity contribution in [3.05, 3.63) is 60.4 Å². The number of methoxy groups -OCH3 is 1. The highest BCUT2D eigenvalue weighted by atomic mass is 16.5. The van der Waals surface area contributed by atoms with E-state index in [2.05, 4.69) is 15.3 Å². The minimum atomic E-state index is -0.275. The van der Waals surface area contributed by atoms with Crippen LogP contribution in [-0.4, -0.2) is 36.1 Å². The van der Waals surface area contributed by atoms with E-state index >= 15 is 0 Å². The summed E-state index contributed by atoms with van der Waals surface area (Å²) in [5.41, 5.74) is 1.74. The predicted octanol–water partition coefficient (Wildman–Crippen LogP) is 2.45. The number of nitrogens with one attached hydrogen (secondary N) is 1. The average molecular weight is 323 g/mol. The lowest BCUT2D eigenvalue weighted by molar-refractivity contribution is 0.0942. The fraction of sp³-hybridized carbons (Fsp3) is 0.167. The van der Waals surface area contributed by atoms with Crippen LogP contribution in [0.1, 0.15) is 10.5 Å². The molecule has 0 atom stereocenters. The third kappa shape index (κ3) is 3.78. The smallest absolute Gasteiger partial charge is 0.271 e. The van der Waals surface area contributed by atoms with Crippen molar-refractivity contribution < 1.29 is 14.3 Å². The maximum atomic E-state index is 12.1. The van der Waals surface area contributed by atoms with Gasteiger partial charge in [0.15, 0.2) is 0 Å². The maximum Gasteiger partial charge on any atom is 0.271 e. The lowest BCUT2D eigenvalue weighted by Crippen LogP contribution is -2.28. The molecule has 0 aliphatic heterocycles. The summed E-state index contributed by atoms with van der Waals surface area (Å²) in [6.07, 6.45) is 1.47. The Morgan fingerprint density at radius 3 is 2.71 bits per heavy atom. The Kier molecular flexibility index (Phi) is 4.86. The van der Waals surface area contributed by atoms with Crippen LogP contribution >= 0.6 is 0 Å². The molecule has 6 heteroatoms. The third-order valence-electron chi connectivity index (χ3n) is 3.38. The highest BCUT2D eigenvalue weighted by Crippen LogP contribution is 2.18. The number of benzene rings is 2. The Balaban J connectivity index is 1.53. The summed E-state index contributed by atoms with van der Waals surface area (Å²) in [7, 11) is 1.60. The monoisotopic (exact) mass is 323 g/mol. The van der Waals surface area contributed by atoms with E-state index in [-0.39, 0.29) is 11.6 Å². The van der Waals surface area contributed by atoms with Crippen molar-refractivity contribution in [2.45, 2.75) is 0 Å².